The van der Waals surface area contributed by atoms with E-state index in [1.54, 1.807) is 18.1 Å². The molecule has 7 nitrogen and oxygen atoms in total. The molecule has 0 atom stereocenters. The summed E-state index contributed by atoms with van der Waals surface area (Å²) in [6.07, 6.45) is 0.671. The van der Waals surface area contributed by atoms with Crippen molar-refractivity contribution < 1.29 is 28.8 Å². The number of amides is 1. The Kier molecular flexibility index (Phi) is 8.88. The van der Waals surface area contributed by atoms with E-state index in [1.165, 1.54) is 21.3 Å². The summed E-state index contributed by atoms with van der Waals surface area (Å²) in [7, 11) is 6.08. The maximum atomic E-state index is 12.9. The average molecular weight is 406 g/mol. The van der Waals surface area contributed by atoms with Crippen LogP contribution in [0, 0.1) is 0 Å². The molecule has 0 aliphatic heterocycles. The summed E-state index contributed by atoms with van der Waals surface area (Å²) in [5.41, 5.74) is 0.371. The summed E-state index contributed by atoms with van der Waals surface area (Å²) in [6, 6.07) is 1.59. The van der Waals surface area contributed by atoms with Gasteiger partial charge in [0.25, 0.3) is 5.91 Å². The predicted molar refractivity (Wildman–Crippen MR) is 93.3 cm³/mol. The van der Waals surface area contributed by atoms with Crippen LogP contribution in [0.1, 0.15) is 16.8 Å². The van der Waals surface area contributed by atoms with E-state index in [2.05, 4.69) is 15.9 Å². The van der Waals surface area contributed by atoms with Crippen LogP contribution in [0.2, 0.25) is 0 Å². The number of carbonyl (C=O) groups excluding carboxylic acids is 1. The number of methoxy groups -OCH3 is 4. The second-order valence-electron chi connectivity index (χ2n) is 4.87. The van der Waals surface area contributed by atoms with Crippen LogP contribution in [0.5, 0.6) is 17.2 Å². The number of carbonyl (C=O) groups is 1. The van der Waals surface area contributed by atoms with Crippen molar-refractivity contribution in [1.82, 2.24) is 4.90 Å². The zero-order valence-electron chi connectivity index (χ0n) is 14.4. The Bertz CT molecular complexity index is 552. The highest BCUT2D eigenvalue weighted by atomic mass is 79.9. The Morgan fingerprint density at radius 2 is 1.79 bits per heavy atom. The van der Waals surface area contributed by atoms with E-state index in [1.807, 2.05) is 0 Å². The molecular weight excluding hydrogens is 382 g/mol. The molecule has 1 N–H and O–H groups in total. The number of aliphatic hydroxyl groups is 1. The average Bonchev–Trinajstić information content (AvgIpc) is 2.59. The molecule has 1 aromatic carbocycles. The monoisotopic (exact) mass is 405 g/mol. The van der Waals surface area contributed by atoms with Crippen LogP contribution in [0.3, 0.4) is 0 Å². The van der Waals surface area contributed by atoms with Gasteiger partial charge in [-0.1, -0.05) is 0 Å². The van der Waals surface area contributed by atoms with Crippen LogP contribution in [0.4, 0.5) is 0 Å². The number of hydrogen-bond acceptors (Lipinski definition) is 6. The number of aliphatic hydroxyl groups excluding tert-OH is 1. The fourth-order valence-electron chi connectivity index (χ4n) is 2.28. The molecule has 1 rings (SSSR count). The van der Waals surface area contributed by atoms with Crippen LogP contribution in [-0.4, -0.2) is 70.7 Å². The lowest BCUT2D eigenvalue weighted by molar-refractivity contribution is 0.0699. The number of benzene rings is 1. The van der Waals surface area contributed by atoms with Gasteiger partial charge in [0.15, 0.2) is 11.5 Å². The number of hydrogen-bond donors (Lipinski definition) is 1. The first kappa shape index (κ1) is 20.5. The lowest BCUT2D eigenvalue weighted by atomic mass is 10.1. The van der Waals surface area contributed by atoms with Crippen LogP contribution in [0.15, 0.2) is 10.5 Å². The Balaban J connectivity index is 3.23. The smallest absolute Gasteiger partial charge is 0.255 e. The molecule has 0 aliphatic rings. The quantitative estimate of drug-likeness (QED) is 0.599. The van der Waals surface area contributed by atoms with Crippen molar-refractivity contribution in [3.05, 3.63) is 16.1 Å². The molecule has 136 valence electrons. The fraction of sp³-hybridized carbons (Fsp3) is 0.562. The first-order chi connectivity index (χ1) is 11.5. The molecule has 0 fully saturated rings. The van der Waals surface area contributed by atoms with Crippen molar-refractivity contribution in [2.45, 2.75) is 6.42 Å². The molecule has 0 radical (unpaired) electrons. The standard InChI is InChI=1S/C16H24BrNO6/c1-21-9-5-6-18(7-8-19)16(20)11-10-12(22-2)14(23-3)15(24-4)13(11)17/h10,19H,5-9H2,1-4H3. The molecular formula is C16H24BrNO6. The van der Waals surface area contributed by atoms with E-state index in [-0.39, 0.29) is 19.1 Å². The third kappa shape index (κ3) is 4.75. The third-order valence-electron chi connectivity index (χ3n) is 3.43. The Morgan fingerprint density at radius 1 is 1.12 bits per heavy atom. The minimum atomic E-state index is -0.244. The topological polar surface area (TPSA) is 77.5 Å². The molecule has 0 heterocycles. The zero-order chi connectivity index (χ0) is 18.1. The minimum Gasteiger partial charge on any atom is -0.493 e. The largest absolute Gasteiger partial charge is 0.493 e. The zero-order valence-corrected chi connectivity index (χ0v) is 16.0. The maximum absolute atomic E-state index is 12.9. The van der Waals surface area contributed by atoms with Gasteiger partial charge in [-0.25, -0.2) is 0 Å². The van der Waals surface area contributed by atoms with E-state index < -0.39 is 0 Å². The van der Waals surface area contributed by atoms with Crippen molar-refractivity contribution in [2.24, 2.45) is 0 Å². The lowest BCUT2D eigenvalue weighted by Gasteiger charge is -2.24. The van der Waals surface area contributed by atoms with Gasteiger partial charge >= 0.3 is 0 Å². The highest BCUT2D eigenvalue weighted by molar-refractivity contribution is 9.10. The molecule has 0 aliphatic carbocycles. The molecule has 0 spiro atoms. The van der Waals surface area contributed by atoms with Gasteiger partial charge in [-0.05, 0) is 28.4 Å². The van der Waals surface area contributed by atoms with Crippen molar-refractivity contribution in [3.63, 3.8) is 0 Å². The van der Waals surface area contributed by atoms with E-state index in [4.69, 9.17) is 18.9 Å². The minimum absolute atomic E-state index is 0.124. The first-order valence-corrected chi connectivity index (χ1v) is 8.22. The molecule has 0 saturated carbocycles. The van der Waals surface area contributed by atoms with Gasteiger partial charge in [-0.3, -0.25) is 4.79 Å². The summed E-state index contributed by atoms with van der Waals surface area (Å²) in [5, 5.41) is 9.24. The fourth-order valence-corrected chi connectivity index (χ4v) is 2.91. The Hall–Kier alpha value is -1.51. The Morgan fingerprint density at radius 3 is 2.29 bits per heavy atom. The van der Waals surface area contributed by atoms with E-state index in [9.17, 15) is 9.90 Å². The van der Waals surface area contributed by atoms with Crippen LogP contribution in [-0.2, 0) is 4.74 Å². The molecule has 0 unspecified atom stereocenters. The van der Waals surface area contributed by atoms with Gasteiger partial charge in [0.2, 0.25) is 5.75 Å². The van der Waals surface area contributed by atoms with Gasteiger partial charge in [0, 0.05) is 26.8 Å². The third-order valence-corrected chi connectivity index (χ3v) is 4.22. The van der Waals surface area contributed by atoms with Gasteiger partial charge in [-0.15, -0.1) is 0 Å². The van der Waals surface area contributed by atoms with Crippen LogP contribution in [0.25, 0.3) is 0 Å². The number of halogens is 1. The predicted octanol–water partition coefficient (Wildman–Crippen LogP) is 1.95. The normalized spacial score (nSPS) is 10.4. The molecule has 1 amide bonds. The van der Waals surface area contributed by atoms with Crippen LogP contribution >= 0.6 is 15.9 Å². The van der Waals surface area contributed by atoms with Crippen LogP contribution < -0.4 is 14.2 Å². The maximum Gasteiger partial charge on any atom is 0.255 e. The van der Waals surface area contributed by atoms with Crippen molar-refractivity contribution in [3.8, 4) is 17.2 Å². The molecule has 8 heteroatoms. The number of nitrogens with zero attached hydrogens (tertiary/aromatic N) is 1. The summed E-state index contributed by atoms with van der Waals surface area (Å²) < 4.78 is 21.4. The summed E-state index contributed by atoms with van der Waals surface area (Å²) in [5.74, 6) is 0.922. The lowest BCUT2D eigenvalue weighted by Crippen LogP contribution is -2.35. The van der Waals surface area contributed by atoms with E-state index in [0.29, 0.717) is 46.9 Å². The second-order valence-corrected chi connectivity index (χ2v) is 5.66. The second kappa shape index (κ2) is 10.4. The highest BCUT2D eigenvalue weighted by Gasteiger charge is 2.25. The summed E-state index contributed by atoms with van der Waals surface area (Å²) >= 11 is 3.40. The van der Waals surface area contributed by atoms with Gasteiger partial charge < -0.3 is 29.0 Å². The number of rotatable bonds is 10. The Labute approximate surface area is 150 Å². The van der Waals surface area contributed by atoms with E-state index >= 15 is 0 Å². The van der Waals surface area contributed by atoms with E-state index in [0.717, 1.165) is 0 Å². The summed E-state index contributed by atoms with van der Waals surface area (Å²) in [4.78, 5) is 14.4. The van der Waals surface area contributed by atoms with Crippen molar-refractivity contribution in [2.75, 3.05) is 54.7 Å². The van der Waals surface area contributed by atoms with Crippen molar-refractivity contribution >= 4 is 21.8 Å². The SMILES string of the molecule is COCCCN(CCO)C(=O)c1cc(OC)c(OC)c(OC)c1Br. The molecule has 1 aromatic rings. The van der Waals surface area contributed by atoms with Gasteiger partial charge in [-0.2, -0.15) is 0 Å². The van der Waals surface area contributed by atoms with Crippen molar-refractivity contribution in [1.29, 1.82) is 0 Å². The molecule has 0 aromatic heterocycles. The highest BCUT2D eigenvalue weighted by Crippen LogP contribution is 2.45. The molecule has 0 bridgehead atoms. The van der Waals surface area contributed by atoms with Gasteiger partial charge in [0.05, 0.1) is 38.0 Å². The molecule has 24 heavy (non-hydrogen) atoms. The number of ether oxygens (including phenoxy) is 4. The first-order valence-electron chi connectivity index (χ1n) is 7.43. The summed E-state index contributed by atoms with van der Waals surface area (Å²) in [6.45, 7) is 1.11. The van der Waals surface area contributed by atoms with Gasteiger partial charge in [0.1, 0.15) is 0 Å². The molecule has 0 saturated heterocycles.